The van der Waals surface area contributed by atoms with Crippen LogP contribution in [0.1, 0.15) is 13.8 Å². The third kappa shape index (κ3) is 3.93. The molecule has 1 heterocycles. The van der Waals surface area contributed by atoms with Gasteiger partial charge in [0.2, 0.25) is 0 Å². The molecule has 1 rings (SSSR count). The number of hydrogen-bond donors (Lipinski definition) is 0. The van der Waals surface area contributed by atoms with E-state index in [1.54, 1.807) is 26.1 Å². The van der Waals surface area contributed by atoms with Crippen molar-refractivity contribution in [2.24, 2.45) is 0 Å². The number of halogens is 2. The van der Waals surface area contributed by atoms with Crippen LogP contribution in [0.3, 0.4) is 0 Å². The summed E-state index contributed by atoms with van der Waals surface area (Å²) in [5.74, 6) is -0.0343. The number of aryl methyl sites for hydroxylation is 1. The van der Waals surface area contributed by atoms with Gasteiger partial charge in [-0.3, -0.25) is 4.79 Å². The second-order valence-corrected chi connectivity index (χ2v) is 8.37. The van der Waals surface area contributed by atoms with Gasteiger partial charge in [0.25, 0.3) is 5.56 Å². The Morgan fingerprint density at radius 2 is 1.94 bits per heavy atom. The number of aromatic nitrogens is 1. The van der Waals surface area contributed by atoms with Gasteiger partial charge in [0.05, 0.1) is 15.5 Å². The molecule has 0 N–H and O–H groups in total. The number of hydrogen-bond acceptors (Lipinski definition) is 3. The van der Waals surface area contributed by atoms with Gasteiger partial charge in [-0.15, -0.1) is 0 Å². The Balaban J connectivity index is 2.95. The van der Waals surface area contributed by atoms with Crippen LogP contribution >= 0.6 is 31.9 Å². The van der Waals surface area contributed by atoms with Crippen LogP contribution < -0.4 is 5.56 Å². The maximum atomic E-state index is 11.7. The second kappa shape index (κ2) is 5.67. The Kier molecular flexibility index (Phi) is 4.97. The summed E-state index contributed by atoms with van der Waals surface area (Å²) in [5, 5.41) is -0.422. The lowest BCUT2D eigenvalue weighted by Crippen LogP contribution is -2.27. The third-order valence-electron chi connectivity index (χ3n) is 2.34. The van der Waals surface area contributed by atoms with Gasteiger partial charge < -0.3 is 4.57 Å². The molecule has 0 amide bonds. The Morgan fingerprint density at radius 1 is 1.35 bits per heavy atom. The van der Waals surface area contributed by atoms with Gasteiger partial charge in [-0.25, -0.2) is 8.42 Å². The summed E-state index contributed by atoms with van der Waals surface area (Å²) in [6.45, 7) is 3.43. The van der Waals surface area contributed by atoms with Crippen molar-refractivity contribution in [1.82, 2.24) is 4.57 Å². The molecule has 96 valence electrons. The van der Waals surface area contributed by atoms with Gasteiger partial charge in [0.1, 0.15) is 0 Å². The Morgan fingerprint density at radius 3 is 2.47 bits per heavy atom. The predicted molar refractivity (Wildman–Crippen MR) is 75.0 cm³/mol. The zero-order chi connectivity index (χ0) is 13.2. The van der Waals surface area contributed by atoms with Crippen molar-refractivity contribution < 1.29 is 8.42 Å². The SMILES string of the molecule is CC(C)S(=O)(=O)CCn1cc(Br)cc(Br)c1=O. The summed E-state index contributed by atoms with van der Waals surface area (Å²) in [4.78, 5) is 11.7. The summed E-state index contributed by atoms with van der Waals surface area (Å²) in [7, 11) is -3.13. The van der Waals surface area contributed by atoms with E-state index in [-0.39, 0.29) is 17.9 Å². The fraction of sp³-hybridized carbons (Fsp3) is 0.500. The standard InChI is InChI=1S/C10H13Br2NO3S/c1-7(2)17(15,16)4-3-13-6-8(11)5-9(12)10(13)14/h5-7H,3-4H2,1-2H3. The van der Waals surface area contributed by atoms with Gasteiger partial charge >= 0.3 is 0 Å². The van der Waals surface area contributed by atoms with Crippen molar-refractivity contribution in [1.29, 1.82) is 0 Å². The predicted octanol–water partition coefficient (Wildman–Crippen LogP) is 2.20. The summed E-state index contributed by atoms with van der Waals surface area (Å²) in [6.07, 6.45) is 1.59. The van der Waals surface area contributed by atoms with Crippen molar-refractivity contribution in [2.45, 2.75) is 25.6 Å². The van der Waals surface area contributed by atoms with E-state index in [4.69, 9.17) is 0 Å². The van der Waals surface area contributed by atoms with E-state index >= 15 is 0 Å². The molecule has 4 nitrogen and oxygen atoms in total. The molecule has 0 spiro atoms. The quantitative estimate of drug-likeness (QED) is 0.796. The molecule has 0 aliphatic heterocycles. The summed E-state index contributed by atoms with van der Waals surface area (Å²) in [6, 6.07) is 1.63. The zero-order valence-electron chi connectivity index (χ0n) is 9.48. The maximum Gasteiger partial charge on any atom is 0.264 e. The van der Waals surface area contributed by atoms with Crippen LogP contribution in [0.15, 0.2) is 26.0 Å². The van der Waals surface area contributed by atoms with Crippen LogP contribution in [0, 0.1) is 0 Å². The van der Waals surface area contributed by atoms with Crippen LogP contribution in [-0.4, -0.2) is 24.0 Å². The molecule has 0 fully saturated rings. The Bertz CT molecular complexity index is 563. The molecule has 0 aliphatic carbocycles. The van der Waals surface area contributed by atoms with Crippen molar-refractivity contribution in [2.75, 3.05) is 5.75 Å². The molecule has 0 saturated heterocycles. The molecule has 1 aromatic heterocycles. The highest BCUT2D eigenvalue weighted by Crippen LogP contribution is 2.13. The fourth-order valence-electron chi connectivity index (χ4n) is 1.19. The number of pyridine rings is 1. The van der Waals surface area contributed by atoms with Gasteiger partial charge in [0.15, 0.2) is 9.84 Å². The van der Waals surface area contributed by atoms with E-state index in [1.165, 1.54) is 4.57 Å². The van der Waals surface area contributed by atoms with Gasteiger partial charge in [0, 0.05) is 17.2 Å². The van der Waals surface area contributed by atoms with E-state index in [0.717, 1.165) is 4.47 Å². The van der Waals surface area contributed by atoms with Crippen molar-refractivity contribution in [3.8, 4) is 0 Å². The molecule has 0 saturated carbocycles. The molecule has 17 heavy (non-hydrogen) atoms. The lowest BCUT2D eigenvalue weighted by atomic mass is 10.5. The smallest absolute Gasteiger partial charge is 0.264 e. The first-order valence-corrected chi connectivity index (χ1v) is 8.31. The summed E-state index contributed by atoms with van der Waals surface area (Å²) < 4.78 is 25.8. The molecule has 0 atom stereocenters. The average molecular weight is 387 g/mol. The van der Waals surface area contributed by atoms with Gasteiger partial charge in [-0.2, -0.15) is 0 Å². The van der Waals surface area contributed by atoms with E-state index in [9.17, 15) is 13.2 Å². The molecule has 1 aromatic rings. The highest BCUT2D eigenvalue weighted by molar-refractivity contribution is 9.11. The first-order chi connectivity index (χ1) is 7.74. The Hall–Kier alpha value is -0.140. The second-order valence-electron chi connectivity index (χ2n) is 3.92. The van der Waals surface area contributed by atoms with Crippen molar-refractivity contribution >= 4 is 41.7 Å². The summed E-state index contributed by atoms with van der Waals surface area (Å²) >= 11 is 6.39. The minimum absolute atomic E-state index is 0.0343. The summed E-state index contributed by atoms with van der Waals surface area (Å²) in [5.41, 5.74) is -0.229. The lowest BCUT2D eigenvalue weighted by Gasteiger charge is -2.10. The molecule has 0 bridgehead atoms. The maximum absolute atomic E-state index is 11.7. The van der Waals surface area contributed by atoms with Gasteiger partial charge in [-0.05, 0) is 51.8 Å². The Labute approximate surface area is 117 Å². The number of sulfone groups is 1. The van der Waals surface area contributed by atoms with E-state index in [0.29, 0.717) is 4.47 Å². The molecule has 0 radical (unpaired) electrons. The normalized spacial score (nSPS) is 12.1. The molecule has 0 unspecified atom stereocenters. The van der Waals surface area contributed by atoms with Gasteiger partial charge in [-0.1, -0.05) is 0 Å². The first kappa shape index (κ1) is 14.9. The highest BCUT2D eigenvalue weighted by Gasteiger charge is 2.16. The van der Waals surface area contributed by atoms with Crippen LogP contribution in [0.2, 0.25) is 0 Å². The van der Waals surface area contributed by atoms with E-state index in [1.807, 2.05) is 0 Å². The van der Waals surface area contributed by atoms with Crippen LogP contribution in [-0.2, 0) is 16.4 Å². The molecule has 0 aromatic carbocycles. The molecular weight excluding hydrogens is 374 g/mol. The minimum atomic E-state index is -3.13. The first-order valence-electron chi connectivity index (χ1n) is 5.01. The van der Waals surface area contributed by atoms with E-state index in [2.05, 4.69) is 31.9 Å². The zero-order valence-corrected chi connectivity index (χ0v) is 13.5. The van der Waals surface area contributed by atoms with Crippen molar-refractivity contribution in [3.05, 3.63) is 31.6 Å². The number of rotatable bonds is 4. The lowest BCUT2D eigenvalue weighted by molar-refractivity contribution is 0.578. The minimum Gasteiger partial charge on any atom is -0.312 e. The third-order valence-corrected chi connectivity index (χ3v) is 5.53. The molecule has 7 heteroatoms. The largest absolute Gasteiger partial charge is 0.312 e. The molecule has 0 aliphatic rings. The molecular formula is C10H13Br2NO3S. The number of nitrogens with zero attached hydrogens (tertiary/aromatic N) is 1. The average Bonchev–Trinajstić information content (AvgIpc) is 2.21. The highest BCUT2D eigenvalue weighted by atomic mass is 79.9. The van der Waals surface area contributed by atoms with Crippen LogP contribution in [0.4, 0.5) is 0 Å². The topological polar surface area (TPSA) is 56.1 Å². The fourth-order valence-corrected chi connectivity index (χ4v) is 3.37. The van der Waals surface area contributed by atoms with E-state index < -0.39 is 15.1 Å². The van der Waals surface area contributed by atoms with Crippen LogP contribution in [0.5, 0.6) is 0 Å². The monoisotopic (exact) mass is 385 g/mol. The van der Waals surface area contributed by atoms with Crippen molar-refractivity contribution in [3.63, 3.8) is 0 Å². The van der Waals surface area contributed by atoms with Crippen LogP contribution in [0.25, 0.3) is 0 Å².